The van der Waals surface area contributed by atoms with E-state index in [1.165, 1.54) is 0 Å². The average Bonchev–Trinajstić information content (AvgIpc) is 3.00. The Hall–Kier alpha value is -1.94. The molecule has 0 aliphatic carbocycles. The molecule has 0 aliphatic heterocycles. The molecule has 0 bridgehead atoms. The van der Waals surface area contributed by atoms with E-state index in [0.717, 1.165) is 5.56 Å². The number of halogens is 3. The quantitative estimate of drug-likeness (QED) is 0.603. The van der Waals surface area contributed by atoms with Gasteiger partial charge >= 0.3 is 0 Å². The van der Waals surface area contributed by atoms with Crippen LogP contribution in [-0.4, -0.2) is 5.91 Å². The molecule has 0 fully saturated rings. The van der Waals surface area contributed by atoms with E-state index >= 15 is 0 Å². The zero-order valence-corrected chi connectivity index (χ0v) is 13.9. The number of amides is 1. The molecule has 1 aromatic heterocycles. The Morgan fingerprint density at radius 1 is 0.913 bits per heavy atom. The normalized spacial score (nSPS) is 10.6. The summed E-state index contributed by atoms with van der Waals surface area (Å²) in [6.45, 7) is 0. The fourth-order valence-electron chi connectivity index (χ4n) is 2.03. The first-order valence-electron chi connectivity index (χ1n) is 6.65. The number of anilines is 1. The number of rotatable bonds is 3. The van der Waals surface area contributed by atoms with Crippen molar-refractivity contribution in [3.05, 3.63) is 75.4 Å². The molecule has 3 rings (SSSR count). The fourth-order valence-corrected chi connectivity index (χ4v) is 2.68. The number of carbonyl (C=O) groups excluding carboxylic acids is 1. The maximum Gasteiger partial charge on any atom is 0.291 e. The Labute approximate surface area is 147 Å². The molecular formula is C17H10Cl3NO2. The second kappa shape index (κ2) is 6.67. The number of nitrogens with one attached hydrogen (secondary N) is 1. The minimum Gasteiger partial charge on any atom is -0.451 e. The van der Waals surface area contributed by atoms with Crippen molar-refractivity contribution in [3.63, 3.8) is 0 Å². The van der Waals surface area contributed by atoms with Gasteiger partial charge in [0.05, 0.1) is 10.7 Å². The van der Waals surface area contributed by atoms with Crippen LogP contribution in [-0.2, 0) is 0 Å². The maximum atomic E-state index is 12.2. The summed E-state index contributed by atoms with van der Waals surface area (Å²) in [7, 11) is 0. The summed E-state index contributed by atoms with van der Waals surface area (Å²) in [5, 5.41) is 4.12. The van der Waals surface area contributed by atoms with E-state index in [1.807, 2.05) is 12.1 Å². The Morgan fingerprint density at radius 2 is 1.70 bits per heavy atom. The minimum atomic E-state index is -0.400. The number of hydrogen-bond donors (Lipinski definition) is 1. The van der Waals surface area contributed by atoms with Crippen LogP contribution in [0.3, 0.4) is 0 Å². The fraction of sp³-hybridized carbons (Fsp3) is 0. The summed E-state index contributed by atoms with van der Waals surface area (Å²) in [5.74, 6) is 0.327. The molecule has 0 radical (unpaired) electrons. The van der Waals surface area contributed by atoms with Gasteiger partial charge in [0.1, 0.15) is 5.76 Å². The van der Waals surface area contributed by atoms with Gasteiger partial charge in [0, 0.05) is 15.6 Å². The van der Waals surface area contributed by atoms with Gasteiger partial charge in [0.2, 0.25) is 0 Å². The highest BCUT2D eigenvalue weighted by atomic mass is 35.5. The first-order chi connectivity index (χ1) is 11.0. The molecule has 0 spiro atoms. The predicted octanol–water partition coefficient (Wildman–Crippen LogP) is 6.16. The van der Waals surface area contributed by atoms with Crippen molar-refractivity contribution < 1.29 is 9.21 Å². The lowest BCUT2D eigenvalue weighted by molar-refractivity contribution is 0.0997. The number of hydrogen-bond acceptors (Lipinski definition) is 2. The number of benzene rings is 2. The predicted molar refractivity (Wildman–Crippen MR) is 93.6 cm³/mol. The van der Waals surface area contributed by atoms with Crippen molar-refractivity contribution in [1.82, 2.24) is 0 Å². The lowest BCUT2D eigenvalue weighted by atomic mass is 10.2. The van der Waals surface area contributed by atoms with E-state index in [9.17, 15) is 4.79 Å². The van der Waals surface area contributed by atoms with E-state index in [1.54, 1.807) is 42.5 Å². The van der Waals surface area contributed by atoms with Gasteiger partial charge < -0.3 is 9.73 Å². The van der Waals surface area contributed by atoms with Crippen molar-refractivity contribution in [1.29, 1.82) is 0 Å². The summed E-state index contributed by atoms with van der Waals surface area (Å²) >= 11 is 17.8. The largest absolute Gasteiger partial charge is 0.451 e. The highest BCUT2D eigenvalue weighted by Gasteiger charge is 2.14. The molecule has 1 amide bonds. The first-order valence-corrected chi connectivity index (χ1v) is 7.78. The molecule has 0 aliphatic rings. The second-order valence-electron chi connectivity index (χ2n) is 4.75. The molecule has 0 atom stereocenters. The van der Waals surface area contributed by atoms with E-state index in [4.69, 9.17) is 39.2 Å². The molecule has 1 N–H and O–H groups in total. The van der Waals surface area contributed by atoms with Crippen LogP contribution >= 0.6 is 34.8 Å². The van der Waals surface area contributed by atoms with E-state index in [-0.39, 0.29) is 5.76 Å². The molecule has 116 valence electrons. The van der Waals surface area contributed by atoms with Crippen LogP contribution in [0.4, 0.5) is 5.69 Å². The van der Waals surface area contributed by atoms with Crippen LogP contribution in [0.25, 0.3) is 11.3 Å². The zero-order chi connectivity index (χ0) is 16.4. The van der Waals surface area contributed by atoms with Crippen LogP contribution in [0.15, 0.2) is 59.0 Å². The first kappa shape index (κ1) is 15.9. The molecule has 1 heterocycles. The molecule has 3 aromatic rings. The molecule has 6 heteroatoms. The summed E-state index contributed by atoms with van der Waals surface area (Å²) in [6.07, 6.45) is 0. The third-order valence-corrected chi connectivity index (χ3v) is 3.90. The van der Waals surface area contributed by atoms with Gasteiger partial charge in [-0.05, 0) is 42.5 Å². The van der Waals surface area contributed by atoms with Crippen molar-refractivity contribution in [2.75, 3.05) is 5.32 Å². The lowest BCUT2D eigenvalue weighted by Crippen LogP contribution is -2.11. The molecule has 3 nitrogen and oxygen atoms in total. The average molecular weight is 367 g/mol. The number of furan rings is 1. The Kier molecular flexibility index (Phi) is 4.62. The maximum absolute atomic E-state index is 12.2. The summed E-state index contributed by atoms with van der Waals surface area (Å²) < 4.78 is 5.58. The van der Waals surface area contributed by atoms with E-state index in [0.29, 0.717) is 26.5 Å². The Bertz CT molecular complexity index is 874. The second-order valence-corrected chi connectivity index (χ2v) is 6.03. The van der Waals surface area contributed by atoms with Crippen LogP contribution in [0.5, 0.6) is 0 Å². The molecule has 0 saturated carbocycles. The Balaban J connectivity index is 1.81. The van der Waals surface area contributed by atoms with Gasteiger partial charge in [0.25, 0.3) is 5.91 Å². The minimum absolute atomic E-state index is 0.172. The zero-order valence-electron chi connectivity index (χ0n) is 11.6. The van der Waals surface area contributed by atoms with Crippen LogP contribution < -0.4 is 5.32 Å². The molecular weight excluding hydrogens is 357 g/mol. The molecule has 23 heavy (non-hydrogen) atoms. The highest BCUT2D eigenvalue weighted by Crippen LogP contribution is 2.28. The Morgan fingerprint density at radius 3 is 2.43 bits per heavy atom. The van der Waals surface area contributed by atoms with Gasteiger partial charge in [-0.1, -0.05) is 46.9 Å². The lowest BCUT2D eigenvalue weighted by Gasteiger charge is -2.05. The van der Waals surface area contributed by atoms with Crippen molar-refractivity contribution in [2.45, 2.75) is 0 Å². The topological polar surface area (TPSA) is 42.2 Å². The van der Waals surface area contributed by atoms with Crippen molar-refractivity contribution in [2.24, 2.45) is 0 Å². The summed E-state index contributed by atoms with van der Waals surface area (Å²) in [5.41, 5.74) is 1.25. The molecule has 0 unspecified atom stereocenters. The molecule has 2 aromatic carbocycles. The van der Waals surface area contributed by atoms with Gasteiger partial charge in [-0.3, -0.25) is 4.79 Å². The third kappa shape index (κ3) is 3.70. The SMILES string of the molecule is O=C(Nc1ccc(Cl)cc1Cl)c1ccc(-c2cccc(Cl)c2)o1. The van der Waals surface area contributed by atoms with Crippen LogP contribution in [0.1, 0.15) is 10.6 Å². The van der Waals surface area contributed by atoms with Crippen LogP contribution in [0, 0.1) is 0 Å². The van der Waals surface area contributed by atoms with Crippen molar-refractivity contribution >= 4 is 46.4 Å². The standard InChI is InChI=1S/C17H10Cl3NO2/c18-11-3-1-2-10(8-11)15-6-7-16(23-15)17(22)21-14-5-4-12(19)9-13(14)20/h1-9H,(H,21,22). The van der Waals surface area contributed by atoms with Crippen LogP contribution in [0.2, 0.25) is 15.1 Å². The van der Waals surface area contributed by atoms with Gasteiger partial charge in [-0.15, -0.1) is 0 Å². The van der Waals surface area contributed by atoms with Gasteiger partial charge in [-0.2, -0.15) is 0 Å². The van der Waals surface area contributed by atoms with E-state index < -0.39 is 5.91 Å². The third-order valence-electron chi connectivity index (χ3n) is 3.12. The highest BCUT2D eigenvalue weighted by molar-refractivity contribution is 6.36. The van der Waals surface area contributed by atoms with E-state index in [2.05, 4.69) is 5.32 Å². The molecule has 0 saturated heterocycles. The monoisotopic (exact) mass is 365 g/mol. The van der Waals surface area contributed by atoms with Crippen molar-refractivity contribution in [3.8, 4) is 11.3 Å². The van der Waals surface area contributed by atoms with Gasteiger partial charge in [-0.25, -0.2) is 0 Å². The summed E-state index contributed by atoms with van der Waals surface area (Å²) in [4.78, 5) is 12.2. The summed E-state index contributed by atoms with van der Waals surface area (Å²) in [6, 6.07) is 15.3. The van der Waals surface area contributed by atoms with Gasteiger partial charge in [0.15, 0.2) is 5.76 Å². The number of carbonyl (C=O) groups is 1. The smallest absolute Gasteiger partial charge is 0.291 e.